The van der Waals surface area contributed by atoms with E-state index in [2.05, 4.69) is 11.6 Å². The van der Waals surface area contributed by atoms with E-state index in [0.717, 1.165) is 5.69 Å². The molecule has 86 valence electrons. The van der Waals surface area contributed by atoms with Gasteiger partial charge in [0, 0.05) is 18.3 Å². The first-order valence-corrected chi connectivity index (χ1v) is 5.45. The Kier molecular flexibility index (Phi) is 5.26. The van der Waals surface area contributed by atoms with Crippen LogP contribution in [0.5, 0.6) is 0 Å². The molecule has 0 spiro atoms. The van der Waals surface area contributed by atoms with Crippen molar-refractivity contribution in [3.05, 3.63) is 42.7 Å². The molecule has 0 aliphatic heterocycles. The van der Waals surface area contributed by atoms with Gasteiger partial charge in [-0.1, -0.05) is 12.1 Å². The molecule has 0 amide bonds. The Bertz CT molecular complexity index is 335. The van der Waals surface area contributed by atoms with Crippen molar-refractivity contribution >= 4 is 5.97 Å². The van der Waals surface area contributed by atoms with Gasteiger partial charge in [0.05, 0.1) is 12.5 Å². The van der Waals surface area contributed by atoms with Crippen LogP contribution in [0.3, 0.4) is 0 Å². The summed E-state index contributed by atoms with van der Waals surface area (Å²) in [7, 11) is 0. The first kappa shape index (κ1) is 12.4. The minimum absolute atomic E-state index is 0.173. The van der Waals surface area contributed by atoms with Crippen molar-refractivity contribution in [2.45, 2.75) is 19.8 Å². The summed E-state index contributed by atoms with van der Waals surface area (Å²) in [5.41, 5.74) is 0.905. The molecule has 16 heavy (non-hydrogen) atoms. The van der Waals surface area contributed by atoms with Crippen molar-refractivity contribution in [3.8, 4) is 0 Å². The van der Waals surface area contributed by atoms with E-state index < -0.39 is 0 Å². The zero-order valence-corrected chi connectivity index (χ0v) is 9.56. The summed E-state index contributed by atoms with van der Waals surface area (Å²) in [4.78, 5) is 15.8. The molecule has 0 saturated carbocycles. The van der Waals surface area contributed by atoms with Crippen LogP contribution < -0.4 is 0 Å². The van der Waals surface area contributed by atoms with Crippen LogP contribution in [0, 0.1) is 5.92 Å². The summed E-state index contributed by atoms with van der Waals surface area (Å²) in [5.74, 6) is -0.347. The Morgan fingerprint density at radius 2 is 2.44 bits per heavy atom. The lowest BCUT2D eigenvalue weighted by Gasteiger charge is -2.12. The van der Waals surface area contributed by atoms with E-state index in [1.54, 1.807) is 12.3 Å². The van der Waals surface area contributed by atoms with E-state index in [1.807, 2.05) is 25.1 Å². The third-order valence-corrected chi connectivity index (χ3v) is 2.25. The average molecular weight is 219 g/mol. The van der Waals surface area contributed by atoms with Crippen LogP contribution in [-0.4, -0.2) is 17.6 Å². The summed E-state index contributed by atoms with van der Waals surface area (Å²) in [6.07, 6.45) is 4.69. The Morgan fingerprint density at radius 3 is 3.00 bits per heavy atom. The molecule has 0 fully saturated rings. The van der Waals surface area contributed by atoms with Gasteiger partial charge >= 0.3 is 5.97 Å². The van der Waals surface area contributed by atoms with Crippen molar-refractivity contribution in [1.82, 2.24) is 4.98 Å². The minimum atomic E-state index is -0.174. The maximum atomic E-state index is 11.6. The van der Waals surface area contributed by atoms with Crippen molar-refractivity contribution in [3.63, 3.8) is 0 Å². The van der Waals surface area contributed by atoms with Crippen LogP contribution in [-0.2, 0) is 16.0 Å². The first-order chi connectivity index (χ1) is 7.77. The standard InChI is InChI=1S/C13H17NO2/c1-3-7-11(13(15)16-4-2)10-12-8-5-6-9-14-12/h3,5-6,8-9,11H,1,4,7,10H2,2H3/t11-/m0/s1. The van der Waals surface area contributed by atoms with Crippen molar-refractivity contribution in [1.29, 1.82) is 0 Å². The molecule has 1 atom stereocenters. The fraction of sp³-hybridized carbons (Fsp3) is 0.385. The predicted molar refractivity (Wildman–Crippen MR) is 62.9 cm³/mol. The lowest BCUT2D eigenvalue weighted by atomic mass is 9.99. The van der Waals surface area contributed by atoms with E-state index in [9.17, 15) is 4.79 Å². The molecule has 0 unspecified atom stereocenters. The van der Waals surface area contributed by atoms with E-state index in [1.165, 1.54) is 0 Å². The second-order valence-electron chi connectivity index (χ2n) is 3.50. The maximum Gasteiger partial charge on any atom is 0.309 e. The number of allylic oxidation sites excluding steroid dienone is 1. The van der Waals surface area contributed by atoms with E-state index >= 15 is 0 Å². The number of nitrogens with zero attached hydrogens (tertiary/aromatic N) is 1. The summed E-state index contributed by atoms with van der Waals surface area (Å²) >= 11 is 0. The molecule has 0 saturated heterocycles. The molecule has 1 heterocycles. The Balaban J connectivity index is 2.64. The van der Waals surface area contributed by atoms with Crippen LogP contribution in [0.25, 0.3) is 0 Å². The normalized spacial score (nSPS) is 11.8. The number of carbonyl (C=O) groups excluding carboxylic acids is 1. The molecular weight excluding hydrogens is 202 g/mol. The van der Waals surface area contributed by atoms with Crippen molar-refractivity contribution in [2.75, 3.05) is 6.61 Å². The SMILES string of the molecule is C=CC[C@@H](Cc1ccccn1)C(=O)OCC. The zero-order valence-electron chi connectivity index (χ0n) is 9.56. The number of hydrogen-bond acceptors (Lipinski definition) is 3. The smallest absolute Gasteiger partial charge is 0.309 e. The van der Waals surface area contributed by atoms with Gasteiger partial charge in [0.25, 0.3) is 0 Å². The van der Waals surface area contributed by atoms with Gasteiger partial charge in [0.15, 0.2) is 0 Å². The van der Waals surface area contributed by atoms with Gasteiger partial charge < -0.3 is 4.74 Å². The van der Waals surface area contributed by atoms with Gasteiger partial charge in [-0.25, -0.2) is 0 Å². The van der Waals surface area contributed by atoms with Crippen LogP contribution in [0.4, 0.5) is 0 Å². The largest absolute Gasteiger partial charge is 0.466 e. The fourth-order valence-corrected chi connectivity index (χ4v) is 1.50. The molecule has 1 rings (SSSR count). The second-order valence-corrected chi connectivity index (χ2v) is 3.50. The lowest BCUT2D eigenvalue weighted by Crippen LogP contribution is -2.20. The molecule has 1 aromatic rings. The summed E-state index contributed by atoms with van der Waals surface area (Å²) < 4.78 is 5.01. The van der Waals surface area contributed by atoms with Crippen LogP contribution in [0.1, 0.15) is 19.0 Å². The number of esters is 1. The quantitative estimate of drug-likeness (QED) is 0.544. The highest BCUT2D eigenvalue weighted by Gasteiger charge is 2.19. The van der Waals surface area contributed by atoms with Crippen molar-refractivity contribution < 1.29 is 9.53 Å². The Hall–Kier alpha value is -1.64. The van der Waals surface area contributed by atoms with Gasteiger partial charge in [-0.05, 0) is 25.5 Å². The van der Waals surface area contributed by atoms with E-state index in [0.29, 0.717) is 19.4 Å². The molecule has 0 N–H and O–H groups in total. The van der Waals surface area contributed by atoms with Crippen LogP contribution >= 0.6 is 0 Å². The Labute approximate surface area is 96.2 Å². The summed E-state index contributed by atoms with van der Waals surface area (Å²) in [5, 5.41) is 0. The topological polar surface area (TPSA) is 39.2 Å². The average Bonchev–Trinajstić information content (AvgIpc) is 2.30. The minimum Gasteiger partial charge on any atom is -0.466 e. The predicted octanol–water partition coefficient (Wildman–Crippen LogP) is 2.38. The van der Waals surface area contributed by atoms with Gasteiger partial charge in [-0.15, -0.1) is 6.58 Å². The van der Waals surface area contributed by atoms with E-state index in [-0.39, 0.29) is 11.9 Å². The van der Waals surface area contributed by atoms with Crippen molar-refractivity contribution in [2.24, 2.45) is 5.92 Å². The number of aromatic nitrogens is 1. The first-order valence-electron chi connectivity index (χ1n) is 5.45. The molecule has 3 heteroatoms. The number of hydrogen-bond donors (Lipinski definition) is 0. The van der Waals surface area contributed by atoms with Gasteiger partial charge in [-0.3, -0.25) is 9.78 Å². The van der Waals surface area contributed by atoms with Gasteiger partial charge in [-0.2, -0.15) is 0 Å². The highest BCUT2D eigenvalue weighted by atomic mass is 16.5. The number of pyridine rings is 1. The second kappa shape index (κ2) is 6.77. The monoisotopic (exact) mass is 219 g/mol. The lowest BCUT2D eigenvalue weighted by molar-refractivity contribution is -0.147. The molecule has 0 aliphatic rings. The summed E-state index contributed by atoms with van der Waals surface area (Å²) in [6.45, 7) is 5.88. The zero-order chi connectivity index (χ0) is 11.8. The van der Waals surface area contributed by atoms with Gasteiger partial charge in [0.2, 0.25) is 0 Å². The maximum absolute atomic E-state index is 11.6. The van der Waals surface area contributed by atoms with Crippen LogP contribution in [0.15, 0.2) is 37.1 Å². The molecule has 1 aromatic heterocycles. The van der Waals surface area contributed by atoms with E-state index in [4.69, 9.17) is 4.74 Å². The highest BCUT2D eigenvalue weighted by molar-refractivity contribution is 5.72. The highest BCUT2D eigenvalue weighted by Crippen LogP contribution is 2.13. The molecule has 0 aromatic carbocycles. The molecule has 0 aliphatic carbocycles. The molecule has 0 radical (unpaired) electrons. The number of carbonyl (C=O) groups is 1. The van der Waals surface area contributed by atoms with Gasteiger partial charge in [0.1, 0.15) is 0 Å². The van der Waals surface area contributed by atoms with Crippen LogP contribution in [0.2, 0.25) is 0 Å². The third-order valence-electron chi connectivity index (χ3n) is 2.25. The number of ether oxygens (including phenoxy) is 1. The third kappa shape index (κ3) is 3.85. The number of rotatable bonds is 6. The molecule has 0 bridgehead atoms. The Morgan fingerprint density at radius 1 is 1.62 bits per heavy atom. The molecular formula is C13H17NO2. The fourth-order valence-electron chi connectivity index (χ4n) is 1.50. The summed E-state index contributed by atoms with van der Waals surface area (Å²) in [6, 6.07) is 5.68. The molecule has 3 nitrogen and oxygen atoms in total.